The molecule has 3 aliphatic heterocycles. The Bertz CT molecular complexity index is 1510. The lowest BCUT2D eigenvalue weighted by molar-refractivity contribution is -0.0674. The number of ether oxygens (including phenoxy) is 3. The first-order valence-electron chi connectivity index (χ1n) is 15.2. The van der Waals surface area contributed by atoms with Crippen molar-refractivity contribution in [3.8, 4) is 17.2 Å². The van der Waals surface area contributed by atoms with Gasteiger partial charge in [0.05, 0.1) is 31.0 Å². The molecule has 2 saturated heterocycles. The Balaban J connectivity index is 0.999. The summed E-state index contributed by atoms with van der Waals surface area (Å²) in [7, 11) is 0. The molecule has 3 aromatic rings. The number of hydrogen-bond acceptors (Lipinski definition) is 8. The smallest absolute Gasteiger partial charge is 0.257 e. The minimum absolute atomic E-state index is 0.0308. The van der Waals surface area contributed by atoms with Gasteiger partial charge in [0, 0.05) is 49.7 Å². The van der Waals surface area contributed by atoms with Gasteiger partial charge in [0.15, 0.2) is 11.6 Å². The van der Waals surface area contributed by atoms with Crippen LogP contribution in [0.3, 0.4) is 0 Å². The standard InChI is InChI=1S/C33H38FN5O4/c1-4-39(21(2)3)32(40)26-10-23(34)8-9-29(26)43-30-13-35-20-36-31(30)38-18-33(19-38)11-25(12-33)42-28-7-5-6-22-14-37(15-27(22)28)24-16-41-17-24/h5-10,13,20-21,24-25H,4,11-12,14-19H2,1-3H3. The van der Waals surface area contributed by atoms with Crippen LogP contribution in [0.25, 0.3) is 0 Å². The van der Waals surface area contributed by atoms with E-state index in [-0.39, 0.29) is 34.8 Å². The second-order valence-corrected chi connectivity index (χ2v) is 12.6. The molecule has 7 rings (SSSR count). The Morgan fingerprint density at radius 1 is 1.14 bits per heavy atom. The Labute approximate surface area is 251 Å². The average molecular weight is 588 g/mol. The molecule has 4 heterocycles. The topological polar surface area (TPSA) is 80.3 Å². The summed E-state index contributed by atoms with van der Waals surface area (Å²) in [6.07, 6.45) is 5.29. The maximum Gasteiger partial charge on any atom is 0.257 e. The number of aromatic nitrogens is 2. The van der Waals surface area contributed by atoms with Crippen molar-refractivity contribution in [2.75, 3.05) is 37.7 Å². The van der Waals surface area contributed by atoms with Gasteiger partial charge in [-0.1, -0.05) is 12.1 Å². The number of benzene rings is 2. The van der Waals surface area contributed by atoms with Crippen LogP contribution in [-0.2, 0) is 17.8 Å². The van der Waals surface area contributed by atoms with E-state index in [4.69, 9.17) is 14.2 Å². The number of amides is 1. The fourth-order valence-electron chi connectivity index (χ4n) is 6.95. The maximum atomic E-state index is 14.2. The zero-order valence-corrected chi connectivity index (χ0v) is 25.0. The van der Waals surface area contributed by atoms with E-state index in [0.29, 0.717) is 24.2 Å². The highest BCUT2D eigenvalue weighted by atomic mass is 19.1. The fraction of sp³-hybridized carbons (Fsp3) is 0.485. The van der Waals surface area contributed by atoms with Crippen LogP contribution in [0.15, 0.2) is 48.9 Å². The molecule has 226 valence electrons. The summed E-state index contributed by atoms with van der Waals surface area (Å²) in [6, 6.07) is 11.0. The minimum atomic E-state index is -0.489. The summed E-state index contributed by atoms with van der Waals surface area (Å²) in [4.78, 5) is 28.4. The quantitative estimate of drug-likeness (QED) is 0.345. The van der Waals surface area contributed by atoms with Crippen LogP contribution in [-0.4, -0.2) is 76.7 Å². The molecule has 9 nitrogen and oxygen atoms in total. The van der Waals surface area contributed by atoms with Crippen LogP contribution in [0.4, 0.5) is 10.2 Å². The number of carbonyl (C=O) groups is 1. The highest BCUT2D eigenvalue weighted by Crippen LogP contribution is 2.52. The lowest BCUT2D eigenvalue weighted by atomic mass is 9.61. The molecular weight excluding hydrogens is 549 g/mol. The van der Waals surface area contributed by atoms with Gasteiger partial charge in [0.2, 0.25) is 0 Å². The van der Waals surface area contributed by atoms with Crippen molar-refractivity contribution < 1.29 is 23.4 Å². The molecule has 1 aromatic heterocycles. The van der Waals surface area contributed by atoms with E-state index in [1.165, 1.54) is 35.7 Å². The number of halogens is 1. The van der Waals surface area contributed by atoms with Crippen molar-refractivity contribution in [3.05, 3.63) is 71.4 Å². The van der Waals surface area contributed by atoms with Crippen LogP contribution in [0.5, 0.6) is 17.2 Å². The number of nitrogens with zero attached hydrogens (tertiary/aromatic N) is 5. The number of carbonyl (C=O) groups excluding carboxylic acids is 1. The monoisotopic (exact) mass is 587 g/mol. The lowest BCUT2D eigenvalue weighted by Gasteiger charge is -2.59. The third-order valence-corrected chi connectivity index (χ3v) is 9.34. The SMILES string of the molecule is CCN(C(=O)c1cc(F)ccc1Oc1cncnc1N1CC2(CC(Oc3cccc4c3CN(C3COC3)C4)C2)C1)C(C)C. The van der Waals surface area contributed by atoms with E-state index in [2.05, 4.69) is 38.0 Å². The zero-order chi connectivity index (χ0) is 29.7. The van der Waals surface area contributed by atoms with Crippen LogP contribution < -0.4 is 14.4 Å². The Hall–Kier alpha value is -3.76. The van der Waals surface area contributed by atoms with Crippen molar-refractivity contribution in [1.82, 2.24) is 19.8 Å². The summed E-state index contributed by atoms with van der Waals surface area (Å²) < 4.78 is 32.4. The Morgan fingerprint density at radius 3 is 2.67 bits per heavy atom. The van der Waals surface area contributed by atoms with E-state index in [1.54, 1.807) is 11.1 Å². The van der Waals surface area contributed by atoms with Crippen molar-refractivity contribution in [2.24, 2.45) is 5.41 Å². The fourth-order valence-corrected chi connectivity index (χ4v) is 6.95. The van der Waals surface area contributed by atoms with Gasteiger partial charge in [0.25, 0.3) is 5.91 Å². The van der Waals surface area contributed by atoms with E-state index in [1.807, 2.05) is 20.8 Å². The Morgan fingerprint density at radius 2 is 1.95 bits per heavy atom. The minimum Gasteiger partial charge on any atom is -0.490 e. The number of fused-ring (bicyclic) bond motifs is 1. The average Bonchev–Trinajstić information content (AvgIpc) is 3.34. The van der Waals surface area contributed by atoms with Gasteiger partial charge in [0.1, 0.15) is 29.7 Å². The van der Waals surface area contributed by atoms with Crippen molar-refractivity contribution in [3.63, 3.8) is 0 Å². The predicted octanol–water partition coefficient (Wildman–Crippen LogP) is 5.04. The summed E-state index contributed by atoms with van der Waals surface area (Å²) in [6.45, 7) is 11.5. The molecule has 0 radical (unpaired) electrons. The molecule has 3 fully saturated rings. The van der Waals surface area contributed by atoms with Crippen LogP contribution in [0.1, 0.15) is 55.1 Å². The first-order chi connectivity index (χ1) is 20.8. The summed E-state index contributed by atoms with van der Waals surface area (Å²) >= 11 is 0. The number of anilines is 1. The van der Waals surface area contributed by atoms with E-state index >= 15 is 0 Å². The van der Waals surface area contributed by atoms with Crippen molar-refractivity contribution in [1.29, 1.82) is 0 Å². The summed E-state index contributed by atoms with van der Waals surface area (Å²) in [5.41, 5.74) is 3.06. The predicted molar refractivity (Wildman–Crippen MR) is 159 cm³/mol. The second kappa shape index (κ2) is 11.1. The van der Waals surface area contributed by atoms with Crippen molar-refractivity contribution >= 4 is 11.7 Å². The summed E-state index contributed by atoms with van der Waals surface area (Å²) in [5, 5.41) is 0. The van der Waals surface area contributed by atoms with Gasteiger partial charge in [-0.2, -0.15) is 0 Å². The van der Waals surface area contributed by atoms with Gasteiger partial charge in [-0.25, -0.2) is 14.4 Å². The molecule has 1 amide bonds. The molecule has 1 aliphatic carbocycles. The van der Waals surface area contributed by atoms with Gasteiger partial charge in [-0.3, -0.25) is 9.69 Å². The van der Waals surface area contributed by atoms with Gasteiger partial charge >= 0.3 is 0 Å². The zero-order valence-electron chi connectivity index (χ0n) is 25.0. The van der Waals surface area contributed by atoms with E-state index < -0.39 is 5.82 Å². The molecule has 0 unspecified atom stereocenters. The molecule has 0 bridgehead atoms. The van der Waals surface area contributed by atoms with Gasteiger partial charge in [-0.15, -0.1) is 0 Å². The molecule has 0 N–H and O–H groups in total. The molecule has 43 heavy (non-hydrogen) atoms. The molecule has 4 aliphatic rings. The van der Waals surface area contributed by atoms with Gasteiger partial charge < -0.3 is 24.0 Å². The third-order valence-electron chi connectivity index (χ3n) is 9.34. The molecule has 0 atom stereocenters. The highest BCUT2D eigenvalue weighted by molar-refractivity contribution is 5.97. The van der Waals surface area contributed by atoms with Crippen LogP contribution in [0.2, 0.25) is 0 Å². The van der Waals surface area contributed by atoms with E-state index in [9.17, 15) is 9.18 Å². The summed E-state index contributed by atoms with van der Waals surface area (Å²) in [5.74, 6) is 1.66. The van der Waals surface area contributed by atoms with Crippen LogP contribution >= 0.6 is 0 Å². The normalized spacial score (nSPS) is 19.5. The largest absolute Gasteiger partial charge is 0.490 e. The molecule has 1 spiro atoms. The molecular formula is C33H38FN5O4. The lowest BCUT2D eigenvalue weighted by Crippen LogP contribution is -2.65. The first-order valence-corrected chi connectivity index (χ1v) is 15.2. The first kappa shape index (κ1) is 28.0. The molecule has 1 saturated carbocycles. The van der Waals surface area contributed by atoms with E-state index in [0.717, 1.165) is 58.0 Å². The molecule has 10 heteroatoms. The number of rotatable bonds is 9. The Kier molecular flexibility index (Phi) is 7.21. The highest BCUT2D eigenvalue weighted by Gasteiger charge is 2.54. The maximum absolute atomic E-state index is 14.2. The van der Waals surface area contributed by atoms with Crippen LogP contribution in [0, 0.1) is 11.2 Å². The number of hydrogen-bond donors (Lipinski definition) is 0. The van der Waals surface area contributed by atoms with Crippen molar-refractivity contribution in [2.45, 2.75) is 64.9 Å². The van der Waals surface area contributed by atoms with Gasteiger partial charge in [-0.05, 0) is 63.4 Å². The second-order valence-electron chi connectivity index (χ2n) is 12.6. The third kappa shape index (κ3) is 5.20. The molecule has 2 aromatic carbocycles.